The lowest BCUT2D eigenvalue weighted by Crippen LogP contribution is -2.33. The van der Waals surface area contributed by atoms with E-state index in [0.717, 1.165) is 218 Å². The van der Waals surface area contributed by atoms with Crippen molar-refractivity contribution in [2.24, 2.45) is 0 Å². The molecule has 34 nitrogen and oxygen atoms in total. The molecule has 722 valence electrons. The second kappa shape index (κ2) is 44.8. The van der Waals surface area contributed by atoms with Gasteiger partial charge in [0.25, 0.3) is 35.4 Å². The Balaban J connectivity index is 0.000000121. The van der Waals surface area contributed by atoms with Crippen LogP contribution in [0.15, 0.2) is 220 Å². The molecule has 0 atom stereocenters. The summed E-state index contributed by atoms with van der Waals surface area (Å²) in [7, 11) is 0. The van der Waals surface area contributed by atoms with Crippen LogP contribution in [0.1, 0.15) is 213 Å². The topological polar surface area (TPSA) is 440 Å². The molecule has 6 amide bonds. The van der Waals surface area contributed by atoms with Crippen LogP contribution in [0.2, 0.25) is 0 Å². The van der Waals surface area contributed by atoms with Crippen molar-refractivity contribution in [2.45, 2.75) is 148 Å². The lowest BCUT2D eigenvalue weighted by molar-refractivity contribution is 0.0785. The Morgan fingerprint density at radius 3 is 0.993 bits per heavy atom. The fourth-order valence-corrected chi connectivity index (χ4v) is 19.2. The van der Waals surface area contributed by atoms with Gasteiger partial charge in [0.05, 0.1) is 75.3 Å². The molecule has 0 spiro atoms. The van der Waals surface area contributed by atoms with Crippen LogP contribution in [0.4, 0.5) is 34.3 Å². The smallest absolute Gasteiger partial charge is 0.276 e. The van der Waals surface area contributed by atoms with Crippen molar-refractivity contribution in [3.05, 3.63) is 277 Å². The minimum absolute atomic E-state index is 0.0688. The molecule has 11 N–H and O–H groups in total. The summed E-state index contributed by atoms with van der Waals surface area (Å²) in [5.74, 6) is -0.757. The number of nitrogens with one attached hydrogen (secondary N) is 9. The number of nitrogens with zero attached hydrogens (tertiary/aromatic N) is 17. The van der Waals surface area contributed by atoms with Crippen molar-refractivity contribution in [3.63, 3.8) is 0 Å². The fourth-order valence-electron chi connectivity index (χ4n) is 19.2. The van der Waals surface area contributed by atoms with Crippen molar-refractivity contribution < 1.29 is 33.6 Å². The van der Waals surface area contributed by atoms with E-state index in [2.05, 4.69) is 145 Å². The van der Waals surface area contributed by atoms with Crippen LogP contribution in [-0.2, 0) is 19.6 Å². The number of amides is 6. The minimum atomic E-state index is -0.349. The normalized spacial score (nSPS) is 15.3. The zero-order valence-corrected chi connectivity index (χ0v) is 79.3. The van der Waals surface area contributed by atoms with Crippen LogP contribution in [0, 0.1) is 0 Å². The van der Waals surface area contributed by atoms with Crippen LogP contribution in [0.25, 0.3) is 88.1 Å². The Kier molecular flexibility index (Phi) is 29.9. The fraction of sp³-hybridized carbons (Fsp3) is 0.306. The van der Waals surface area contributed by atoms with Gasteiger partial charge in [-0.15, -0.1) is 0 Å². The molecule has 34 heteroatoms. The third kappa shape index (κ3) is 23.6. The number of benzene rings is 4. The highest BCUT2D eigenvalue weighted by molar-refractivity contribution is 6.15. The van der Waals surface area contributed by atoms with Crippen molar-refractivity contribution >= 4 is 119 Å². The summed E-state index contributed by atoms with van der Waals surface area (Å²) in [6.07, 6.45) is 42.4. The lowest BCUT2D eigenvalue weighted by atomic mass is 10.0. The molecule has 6 fully saturated rings. The Bertz CT molecular complexity index is 7190. The van der Waals surface area contributed by atoms with E-state index in [1.54, 1.807) is 55.0 Å². The summed E-state index contributed by atoms with van der Waals surface area (Å²) < 4.78 is 0. The molecule has 12 aromatic heterocycles. The molecule has 0 unspecified atom stereocenters. The molecule has 1 saturated carbocycles. The average molecular weight is 1900 g/mol. The number of aromatic nitrogens is 16. The molecule has 22 rings (SSSR count). The molecular weight excluding hydrogens is 1790 g/mol. The number of likely N-dealkylation sites (tertiary alicyclic amines) is 4. The number of hydrogen-bond donors (Lipinski definition) is 10. The molecular formula is C108H113N27O7. The highest BCUT2D eigenvalue weighted by atomic mass is 16.2. The number of nitrogens with two attached hydrogens (primary N) is 1. The molecule has 0 radical (unpaired) electrons. The number of aromatic amines is 4. The first kappa shape index (κ1) is 94.9. The highest BCUT2D eigenvalue weighted by Crippen LogP contribution is 2.35. The van der Waals surface area contributed by atoms with Gasteiger partial charge in [0.2, 0.25) is 0 Å². The van der Waals surface area contributed by atoms with E-state index in [-0.39, 0.29) is 47.3 Å². The molecule has 142 heavy (non-hydrogen) atoms. The minimum Gasteiger partial charge on any atom is -0.397 e. The number of hydrogen-bond acceptors (Lipinski definition) is 24. The molecule has 6 aliphatic rings. The van der Waals surface area contributed by atoms with Crippen LogP contribution < -0.4 is 37.2 Å². The standard InChI is InChI=1S/C30H33N7O2.C29H31N7O2.C26H26N6O2.C23H23N7O/c38-29(33-23-6-2-3-7-23)27-11-9-24(18-32-27)34-30(39)28-25-15-21(8-10-26(25)35-36-28)22-14-20(16-31-17-22)19-37-12-4-1-5-13-37;37-28(32-23-7-9-26(31-18-23)29(38)36-12-4-5-13-36)27-24-15-21(6-8-25(24)33-34-27)22-14-20(16-30-17-22)19-35-10-2-1-3-11-35;1-17(33)23-8-6-21(15-28-23)29-26(34)25-22-12-19(5-7-24(22)30-31-25)20-11-18(13-27-14-20)16-32-9-3-2-4-10-32;24-17-10-16(12-25-13-17)15-4-6-20-19(11-15)22(29-28-20)23(31)27-18-5-7-21(26-14-18)30-8-2-1-3-9-30/h8-11,14-18,23H,1-7,12-13,19H2,(H,33,38)(H,34,39)(H,35,36);6-9,14-18H,1-5,10-13,19H2,(H,32,37)(H,33,34);5-8,11-15H,2-4,9-10,16H2,1H3,(H,29,34)(H,30,31);4-7,10-14H,1-3,8-9,24H2,(H,27,31)(H,28,29). The van der Waals surface area contributed by atoms with Gasteiger partial charge in [-0.05, 0) is 283 Å². The summed E-state index contributed by atoms with van der Waals surface area (Å²) in [6, 6.07) is 45.9. The number of fused-ring (bicyclic) bond motifs is 4. The molecule has 17 heterocycles. The summed E-state index contributed by atoms with van der Waals surface area (Å²) in [5.41, 5.74) is 25.3. The van der Waals surface area contributed by atoms with Crippen LogP contribution in [-0.4, -0.2) is 213 Å². The van der Waals surface area contributed by atoms with E-state index in [9.17, 15) is 33.6 Å². The van der Waals surface area contributed by atoms with Gasteiger partial charge < -0.3 is 42.1 Å². The molecule has 4 aromatic carbocycles. The largest absolute Gasteiger partial charge is 0.397 e. The van der Waals surface area contributed by atoms with E-state index < -0.39 is 0 Å². The van der Waals surface area contributed by atoms with Crippen molar-refractivity contribution in [2.75, 3.05) is 97.3 Å². The number of anilines is 6. The Morgan fingerprint density at radius 1 is 0.317 bits per heavy atom. The first-order valence-corrected chi connectivity index (χ1v) is 49.1. The van der Waals surface area contributed by atoms with E-state index in [1.807, 2.05) is 133 Å². The second-order valence-corrected chi connectivity index (χ2v) is 37.2. The number of pyridine rings is 8. The quantitative estimate of drug-likeness (QED) is 0.0266. The third-order valence-corrected chi connectivity index (χ3v) is 26.8. The number of ketones is 1. The van der Waals surface area contributed by atoms with E-state index in [1.165, 1.54) is 119 Å². The molecule has 5 saturated heterocycles. The average Bonchev–Trinajstić information content (AvgIpc) is 1.64. The van der Waals surface area contributed by atoms with E-state index >= 15 is 0 Å². The molecule has 0 bridgehead atoms. The zero-order valence-electron chi connectivity index (χ0n) is 79.3. The first-order chi connectivity index (χ1) is 69.5. The first-order valence-electron chi connectivity index (χ1n) is 49.1. The Labute approximate surface area is 820 Å². The zero-order chi connectivity index (χ0) is 97.2. The van der Waals surface area contributed by atoms with E-state index in [4.69, 9.17) is 5.73 Å². The van der Waals surface area contributed by atoms with Gasteiger partial charge in [-0.25, -0.2) is 15.0 Å². The number of carbonyl (C=O) groups excluding carboxylic acids is 7. The van der Waals surface area contributed by atoms with Gasteiger partial charge in [0.15, 0.2) is 28.6 Å². The van der Waals surface area contributed by atoms with Gasteiger partial charge in [-0.3, -0.25) is 93.6 Å². The maximum atomic E-state index is 13.1. The molecule has 1 aliphatic carbocycles. The Morgan fingerprint density at radius 2 is 0.648 bits per heavy atom. The summed E-state index contributed by atoms with van der Waals surface area (Å²) in [5, 5.41) is 46.2. The summed E-state index contributed by atoms with van der Waals surface area (Å²) in [4.78, 5) is 135. The predicted octanol–water partition coefficient (Wildman–Crippen LogP) is 17.7. The molecule has 16 aromatic rings. The number of rotatable bonds is 23. The van der Waals surface area contributed by atoms with Crippen LogP contribution in [0.5, 0.6) is 0 Å². The monoisotopic (exact) mass is 1900 g/mol. The number of carbonyl (C=O) groups is 7. The van der Waals surface area contributed by atoms with Crippen LogP contribution in [0.3, 0.4) is 0 Å². The van der Waals surface area contributed by atoms with Gasteiger partial charge in [0, 0.05) is 152 Å². The predicted molar refractivity (Wildman–Crippen MR) is 549 cm³/mol. The number of nitrogen functional groups attached to an aromatic ring is 1. The highest BCUT2D eigenvalue weighted by Gasteiger charge is 2.27. The lowest BCUT2D eigenvalue weighted by Gasteiger charge is -2.27. The second-order valence-electron chi connectivity index (χ2n) is 37.2. The van der Waals surface area contributed by atoms with Crippen molar-refractivity contribution in [1.82, 2.24) is 106 Å². The van der Waals surface area contributed by atoms with Gasteiger partial charge >= 0.3 is 0 Å². The molecule has 5 aliphatic heterocycles. The van der Waals surface area contributed by atoms with Gasteiger partial charge in [-0.1, -0.05) is 56.4 Å². The Hall–Kier alpha value is -16.1. The number of piperidine rings is 4. The SMILES string of the molecule is CC(=O)c1ccc(NC(=O)c2n[nH]c3ccc(-c4cncc(CN5CCCCC5)c4)cc23)cn1.Nc1cncc(-c2ccc3[nH]nc(C(=O)Nc4ccc(N5CCCCC5)nc4)c3c2)c1.O=C(NC1CCCC1)c1ccc(NC(=O)c2n[nH]c3ccc(-c4cncc(CN5CCCCC5)c4)cc23)cn1.O=C(Nc1ccc(C(=O)N2CCCC2)nc1)c1n[nH]c2ccc(-c3cncc(CN4CCCCC4)c3)cc12. The summed E-state index contributed by atoms with van der Waals surface area (Å²) >= 11 is 0. The van der Waals surface area contributed by atoms with Crippen molar-refractivity contribution in [1.29, 1.82) is 0 Å². The summed E-state index contributed by atoms with van der Waals surface area (Å²) in [6.45, 7) is 14.6. The van der Waals surface area contributed by atoms with Crippen molar-refractivity contribution in [3.8, 4) is 44.5 Å². The van der Waals surface area contributed by atoms with Gasteiger partial charge in [0.1, 0.15) is 22.9 Å². The maximum Gasteiger partial charge on any atom is 0.276 e. The van der Waals surface area contributed by atoms with E-state index in [0.29, 0.717) is 68.3 Å². The van der Waals surface area contributed by atoms with Gasteiger partial charge in [-0.2, -0.15) is 20.4 Å². The maximum absolute atomic E-state index is 13.1. The number of H-pyrrole nitrogens is 4. The third-order valence-electron chi connectivity index (χ3n) is 26.8. The number of Topliss-reactive ketones (excluding diaryl/α,β-unsaturated/α-hetero) is 1. The van der Waals surface area contributed by atoms with Crippen LogP contribution >= 0.6 is 0 Å².